The van der Waals surface area contributed by atoms with Gasteiger partial charge in [-0.15, -0.1) is 0 Å². The fourth-order valence-electron chi connectivity index (χ4n) is 7.06. The summed E-state index contributed by atoms with van der Waals surface area (Å²) < 4.78 is 55.5. The number of nitrogens with zero attached hydrogens (tertiary/aromatic N) is 4. The minimum Gasteiger partial charge on any atom is -0.467 e. The van der Waals surface area contributed by atoms with E-state index in [4.69, 9.17) is 14.5 Å². The number of ether oxygens (including phenoxy) is 2. The number of alkyl halides is 3. The van der Waals surface area contributed by atoms with Crippen molar-refractivity contribution in [2.75, 3.05) is 26.8 Å². The summed E-state index contributed by atoms with van der Waals surface area (Å²) in [4.78, 5) is 34.1. The van der Waals surface area contributed by atoms with E-state index in [0.717, 1.165) is 30.6 Å². The number of amides is 1. The highest BCUT2D eigenvalue weighted by molar-refractivity contribution is 5.95. The van der Waals surface area contributed by atoms with Gasteiger partial charge < -0.3 is 14.0 Å². The van der Waals surface area contributed by atoms with Crippen molar-refractivity contribution in [1.82, 2.24) is 25.0 Å². The molecule has 3 aromatic heterocycles. The average molecular weight is 708 g/mol. The van der Waals surface area contributed by atoms with E-state index in [1.165, 1.54) is 4.57 Å². The van der Waals surface area contributed by atoms with E-state index in [2.05, 4.69) is 10.4 Å². The van der Waals surface area contributed by atoms with Crippen LogP contribution in [0, 0.1) is 11.3 Å². The lowest BCUT2D eigenvalue weighted by Crippen LogP contribution is -2.49. The lowest BCUT2D eigenvalue weighted by Gasteiger charge is -2.30. The average Bonchev–Trinajstić information content (AvgIpc) is 3.40. The Morgan fingerprint density at radius 3 is 2.55 bits per heavy atom. The van der Waals surface area contributed by atoms with Gasteiger partial charge in [0.25, 0.3) is 6.47 Å². The summed E-state index contributed by atoms with van der Waals surface area (Å²) in [5.74, 6) is -0.182. The van der Waals surface area contributed by atoms with Crippen LogP contribution in [-0.2, 0) is 38.4 Å². The Balaban J connectivity index is 1.66. The van der Waals surface area contributed by atoms with Crippen LogP contribution >= 0.6 is 0 Å². The van der Waals surface area contributed by atoms with E-state index in [1.54, 1.807) is 42.6 Å². The summed E-state index contributed by atoms with van der Waals surface area (Å²) >= 11 is 0. The highest BCUT2D eigenvalue weighted by Gasteiger charge is 2.35. The van der Waals surface area contributed by atoms with Crippen molar-refractivity contribution in [3.05, 3.63) is 71.7 Å². The van der Waals surface area contributed by atoms with E-state index in [-0.39, 0.29) is 18.4 Å². The molecule has 1 fully saturated rings. The number of hydrazine groups is 1. The zero-order chi connectivity index (χ0) is 36.8. The fraction of sp³-hybridized carbons (Fsp3) is 0.487. The highest BCUT2D eigenvalue weighted by Crippen LogP contribution is 2.43. The summed E-state index contributed by atoms with van der Waals surface area (Å²) in [5, 5.41) is 2.36. The number of carbonyl (C=O) groups excluding carboxylic acids is 2. The molecule has 1 aliphatic heterocycles. The van der Waals surface area contributed by atoms with Gasteiger partial charge in [-0.25, -0.2) is 5.43 Å². The Labute approximate surface area is 297 Å². The maximum Gasteiger partial charge on any atom is 0.406 e. The number of nitrogens with one attached hydrogen (secondary N) is 1. The Morgan fingerprint density at radius 1 is 1.08 bits per heavy atom. The molecule has 0 spiro atoms. The molecule has 0 radical (unpaired) electrons. The molecule has 2 atom stereocenters. The van der Waals surface area contributed by atoms with Crippen molar-refractivity contribution in [3.63, 3.8) is 0 Å². The monoisotopic (exact) mass is 707 g/mol. The van der Waals surface area contributed by atoms with Crippen molar-refractivity contribution in [2.24, 2.45) is 11.3 Å². The van der Waals surface area contributed by atoms with Crippen molar-refractivity contribution in [3.8, 4) is 22.5 Å². The molecule has 1 N–H and O–H groups in total. The molecule has 4 heterocycles. The minimum absolute atomic E-state index is 0.0590. The predicted octanol–water partition coefficient (Wildman–Crippen LogP) is 7.86. The molecule has 4 aromatic rings. The number of hydrogen-bond acceptors (Lipinski definition) is 7. The molecule has 9 nitrogen and oxygen atoms in total. The van der Waals surface area contributed by atoms with Gasteiger partial charge >= 0.3 is 6.18 Å². The molecule has 1 saturated heterocycles. The Bertz CT molecular complexity index is 1810. The summed E-state index contributed by atoms with van der Waals surface area (Å²) in [6.07, 6.45) is 0.666. The second-order valence-electron chi connectivity index (χ2n) is 14.0. The summed E-state index contributed by atoms with van der Waals surface area (Å²) in [5.41, 5.74) is 7.32. The molecule has 51 heavy (non-hydrogen) atoms. The van der Waals surface area contributed by atoms with Crippen LogP contribution in [0.1, 0.15) is 76.4 Å². The van der Waals surface area contributed by atoms with Crippen molar-refractivity contribution < 1.29 is 32.2 Å². The summed E-state index contributed by atoms with van der Waals surface area (Å²) in [7, 11) is 1.56. The molecule has 12 heteroatoms. The number of fused-ring (bicyclic) bond motifs is 1. The molecule has 2 unspecified atom stereocenters. The van der Waals surface area contributed by atoms with Gasteiger partial charge in [0.15, 0.2) is 0 Å². The molecule has 0 saturated carbocycles. The third kappa shape index (κ3) is 8.96. The van der Waals surface area contributed by atoms with E-state index >= 15 is 0 Å². The Hall–Kier alpha value is -4.29. The number of aromatic nitrogens is 3. The number of methoxy groups -OCH3 is 1. The number of benzene rings is 1. The molecular weight excluding hydrogens is 659 g/mol. The topological polar surface area (TPSA) is 98.6 Å². The minimum atomic E-state index is -4.52. The first kappa shape index (κ1) is 38.0. The smallest absolute Gasteiger partial charge is 0.406 e. The van der Waals surface area contributed by atoms with Gasteiger partial charge in [-0.05, 0) is 74.1 Å². The van der Waals surface area contributed by atoms with E-state index in [0.29, 0.717) is 77.8 Å². The van der Waals surface area contributed by atoms with Crippen LogP contribution in [0.2, 0.25) is 0 Å². The van der Waals surface area contributed by atoms with E-state index in [9.17, 15) is 22.8 Å². The van der Waals surface area contributed by atoms with Gasteiger partial charge in [-0.2, -0.15) is 13.2 Å². The van der Waals surface area contributed by atoms with Crippen LogP contribution in [0.3, 0.4) is 0 Å². The van der Waals surface area contributed by atoms with Gasteiger partial charge in [0.1, 0.15) is 6.54 Å². The van der Waals surface area contributed by atoms with E-state index in [1.807, 2.05) is 52.0 Å². The maximum atomic E-state index is 14.4. The fourth-order valence-corrected chi connectivity index (χ4v) is 7.06. The first-order valence-corrected chi connectivity index (χ1v) is 17.7. The standard InChI is InChI=1S/C39H48F3N5O4/c1-6-26(37(49)47-19-9-8-18-44-47)20-28-12-10-14-32(45-28)27-15-16-33-30(21-27)31(22-38(3,4)24-51-25-48)36(46(33)23-39(40,41)42)29-13-11-17-43-35(29)34(7-2)50-5/h10-17,21,25-26,34,44H,6-9,18-20,22-24H2,1-5H3. The van der Waals surface area contributed by atoms with Crippen LogP contribution in [0.25, 0.3) is 33.4 Å². The van der Waals surface area contributed by atoms with Crippen LogP contribution in [-0.4, -0.2) is 64.9 Å². The second kappa shape index (κ2) is 16.4. The normalized spacial score (nSPS) is 15.2. The van der Waals surface area contributed by atoms with Crippen molar-refractivity contribution >= 4 is 23.3 Å². The lowest BCUT2D eigenvalue weighted by atomic mass is 9.84. The van der Waals surface area contributed by atoms with Gasteiger partial charge in [-0.1, -0.05) is 39.8 Å². The Kier molecular flexibility index (Phi) is 12.2. The lowest BCUT2D eigenvalue weighted by molar-refractivity contribution is -0.140. The number of hydrogen-bond donors (Lipinski definition) is 1. The number of carbonyl (C=O) groups is 2. The molecule has 1 aliphatic rings. The van der Waals surface area contributed by atoms with Crippen LogP contribution in [0.15, 0.2) is 54.7 Å². The Morgan fingerprint density at radius 2 is 1.88 bits per heavy atom. The van der Waals surface area contributed by atoms with Crippen molar-refractivity contribution in [1.29, 1.82) is 0 Å². The molecule has 0 bridgehead atoms. The molecule has 0 aliphatic carbocycles. The number of pyridine rings is 2. The third-order valence-electron chi connectivity index (χ3n) is 9.53. The zero-order valence-electron chi connectivity index (χ0n) is 30.1. The van der Waals surface area contributed by atoms with Gasteiger partial charge in [0.05, 0.1) is 29.8 Å². The summed E-state index contributed by atoms with van der Waals surface area (Å²) in [6.45, 7) is 8.48. The quantitative estimate of drug-likeness (QED) is 0.126. The number of rotatable bonds is 15. The van der Waals surface area contributed by atoms with E-state index < -0.39 is 24.2 Å². The summed E-state index contributed by atoms with van der Waals surface area (Å²) in [6, 6.07) is 14.6. The predicted molar refractivity (Wildman–Crippen MR) is 190 cm³/mol. The molecule has 1 aromatic carbocycles. The molecule has 5 rings (SSSR count). The van der Waals surface area contributed by atoms with Gasteiger partial charge in [0, 0.05) is 71.9 Å². The largest absolute Gasteiger partial charge is 0.467 e. The zero-order valence-corrected chi connectivity index (χ0v) is 30.1. The number of halogens is 3. The SMILES string of the molecule is CCC(Cc1cccc(-c2ccc3c(c2)c(CC(C)(C)COC=O)c(-c2cccnc2C(CC)OC)n3CC(F)(F)F)n1)C(=O)N1CCCCN1. The second-order valence-corrected chi connectivity index (χ2v) is 14.0. The van der Waals surface area contributed by atoms with Crippen LogP contribution in [0.5, 0.6) is 0 Å². The van der Waals surface area contributed by atoms with Gasteiger partial charge in [-0.3, -0.25) is 24.6 Å². The van der Waals surface area contributed by atoms with Crippen molar-refractivity contribution in [2.45, 2.75) is 85.0 Å². The third-order valence-corrected chi connectivity index (χ3v) is 9.53. The molecule has 1 amide bonds. The molecular formula is C39H48F3N5O4. The van der Waals surface area contributed by atoms with Gasteiger partial charge in [0.2, 0.25) is 5.91 Å². The van der Waals surface area contributed by atoms with Crippen LogP contribution in [0.4, 0.5) is 13.2 Å². The first-order valence-electron chi connectivity index (χ1n) is 17.7. The maximum absolute atomic E-state index is 14.4. The first-order chi connectivity index (χ1) is 24.4. The molecule has 274 valence electrons. The highest BCUT2D eigenvalue weighted by atomic mass is 19.4. The van der Waals surface area contributed by atoms with Crippen LogP contribution < -0.4 is 5.43 Å².